The SMILES string of the molecule is CN(C)CCCNC(=O)[C@@H]1C[C@@H]1c1cccc(Br)c1. The second-order valence-electron chi connectivity index (χ2n) is 5.45. The van der Waals surface area contributed by atoms with Crippen LogP contribution in [-0.4, -0.2) is 38.0 Å². The van der Waals surface area contributed by atoms with E-state index >= 15 is 0 Å². The molecule has 1 fully saturated rings. The Morgan fingerprint density at radius 1 is 1.47 bits per heavy atom. The Labute approximate surface area is 123 Å². The Bertz CT molecular complexity index is 448. The summed E-state index contributed by atoms with van der Waals surface area (Å²) in [5, 5.41) is 3.04. The first-order chi connectivity index (χ1) is 9.08. The molecule has 1 aromatic carbocycles. The number of carbonyl (C=O) groups excluding carboxylic acids is 1. The fraction of sp³-hybridized carbons (Fsp3) is 0.533. The molecule has 1 aromatic rings. The fourth-order valence-corrected chi connectivity index (χ4v) is 2.75. The summed E-state index contributed by atoms with van der Waals surface area (Å²) < 4.78 is 1.09. The molecular weight excluding hydrogens is 304 g/mol. The van der Waals surface area contributed by atoms with Crippen molar-refractivity contribution in [3.63, 3.8) is 0 Å². The van der Waals surface area contributed by atoms with Gasteiger partial charge in [-0.15, -0.1) is 0 Å². The average molecular weight is 325 g/mol. The second kappa shape index (κ2) is 6.53. The molecule has 0 aliphatic heterocycles. The van der Waals surface area contributed by atoms with Gasteiger partial charge in [-0.05, 0) is 57.1 Å². The number of benzene rings is 1. The zero-order valence-corrected chi connectivity index (χ0v) is 13.1. The third-order valence-corrected chi connectivity index (χ3v) is 3.98. The van der Waals surface area contributed by atoms with E-state index in [1.807, 2.05) is 26.2 Å². The molecule has 2 atom stereocenters. The van der Waals surface area contributed by atoms with Crippen LogP contribution in [0.25, 0.3) is 0 Å². The van der Waals surface area contributed by atoms with Gasteiger partial charge in [0.25, 0.3) is 0 Å². The van der Waals surface area contributed by atoms with Gasteiger partial charge in [-0.1, -0.05) is 28.1 Å². The highest BCUT2D eigenvalue weighted by Gasteiger charge is 2.43. The number of hydrogen-bond donors (Lipinski definition) is 1. The van der Waals surface area contributed by atoms with Crippen molar-refractivity contribution in [3.05, 3.63) is 34.3 Å². The Balaban J connectivity index is 1.75. The number of halogens is 1. The number of hydrogen-bond acceptors (Lipinski definition) is 2. The van der Waals surface area contributed by atoms with Gasteiger partial charge in [0, 0.05) is 16.9 Å². The van der Waals surface area contributed by atoms with Crippen LogP contribution in [0.4, 0.5) is 0 Å². The molecule has 0 bridgehead atoms. The Morgan fingerprint density at radius 3 is 2.95 bits per heavy atom. The summed E-state index contributed by atoms with van der Waals surface area (Å²) in [6, 6.07) is 8.27. The molecule has 0 aromatic heterocycles. The van der Waals surface area contributed by atoms with Gasteiger partial charge < -0.3 is 10.2 Å². The first-order valence-corrected chi connectivity index (χ1v) is 7.55. The molecule has 1 N–H and O–H groups in total. The molecule has 0 radical (unpaired) electrons. The number of nitrogens with zero attached hydrogens (tertiary/aromatic N) is 1. The molecule has 1 aliphatic carbocycles. The van der Waals surface area contributed by atoms with Crippen molar-refractivity contribution < 1.29 is 4.79 Å². The van der Waals surface area contributed by atoms with Crippen molar-refractivity contribution in [3.8, 4) is 0 Å². The van der Waals surface area contributed by atoms with Gasteiger partial charge in [0.15, 0.2) is 0 Å². The summed E-state index contributed by atoms with van der Waals surface area (Å²) in [6.07, 6.45) is 1.99. The minimum absolute atomic E-state index is 0.175. The van der Waals surface area contributed by atoms with Crippen molar-refractivity contribution in [1.82, 2.24) is 10.2 Å². The van der Waals surface area contributed by atoms with Crippen LogP contribution in [0.5, 0.6) is 0 Å². The van der Waals surface area contributed by atoms with E-state index in [9.17, 15) is 4.79 Å². The third kappa shape index (κ3) is 4.32. The first-order valence-electron chi connectivity index (χ1n) is 6.76. The van der Waals surface area contributed by atoms with Crippen molar-refractivity contribution in [2.75, 3.05) is 27.2 Å². The monoisotopic (exact) mass is 324 g/mol. The summed E-state index contributed by atoms with van der Waals surface area (Å²) in [6.45, 7) is 1.79. The van der Waals surface area contributed by atoms with Crippen molar-refractivity contribution >= 4 is 21.8 Å². The standard InChI is InChI=1S/C15H21BrN2O/c1-18(2)8-4-7-17-15(19)14-10-13(14)11-5-3-6-12(16)9-11/h3,5-6,9,13-14H,4,7-8,10H2,1-2H3,(H,17,19)/t13-,14-/m1/s1. The zero-order chi connectivity index (χ0) is 13.8. The Kier molecular flexibility index (Phi) is 4.99. The van der Waals surface area contributed by atoms with Crippen LogP contribution in [0, 0.1) is 5.92 Å². The highest BCUT2D eigenvalue weighted by Crippen LogP contribution is 2.47. The van der Waals surface area contributed by atoms with Crippen LogP contribution in [0.1, 0.15) is 24.3 Å². The maximum Gasteiger partial charge on any atom is 0.223 e. The summed E-state index contributed by atoms with van der Waals surface area (Å²) >= 11 is 3.47. The maximum atomic E-state index is 12.0. The van der Waals surface area contributed by atoms with Gasteiger partial charge in [-0.25, -0.2) is 0 Å². The van der Waals surface area contributed by atoms with E-state index in [1.165, 1.54) is 5.56 Å². The van der Waals surface area contributed by atoms with E-state index in [0.29, 0.717) is 5.92 Å². The minimum atomic E-state index is 0.175. The van der Waals surface area contributed by atoms with Crippen LogP contribution in [0.15, 0.2) is 28.7 Å². The Hall–Kier alpha value is -0.870. The molecule has 0 unspecified atom stereocenters. The quantitative estimate of drug-likeness (QED) is 0.816. The van der Waals surface area contributed by atoms with Crippen LogP contribution < -0.4 is 5.32 Å². The molecule has 1 saturated carbocycles. The van der Waals surface area contributed by atoms with E-state index in [-0.39, 0.29) is 11.8 Å². The molecule has 104 valence electrons. The zero-order valence-electron chi connectivity index (χ0n) is 11.5. The minimum Gasteiger partial charge on any atom is -0.356 e. The van der Waals surface area contributed by atoms with Crippen LogP contribution in [0.2, 0.25) is 0 Å². The molecule has 19 heavy (non-hydrogen) atoms. The lowest BCUT2D eigenvalue weighted by Crippen LogP contribution is -2.28. The van der Waals surface area contributed by atoms with Crippen LogP contribution >= 0.6 is 15.9 Å². The number of nitrogens with one attached hydrogen (secondary N) is 1. The van der Waals surface area contributed by atoms with Gasteiger partial charge >= 0.3 is 0 Å². The summed E-state index contributed by atoms with van der Waals surface area (Å²) in [7, 11) is 4.10. The molecule has 0 spiro atoms. The highest BCUT2D eigenvalue weighted by molar-refractivity contribution is 9.10. The Morgan fingerprint density at radius 2 is 2.26 bits per heavy atom. The highest BCUT2D eigenvalue weighted by atomic mass is 79.9. The van der Waals surface area contributed by atoms with Crippen molar-refractivity contribution in [2.24, 2.45) is 5.92 Å². The van der Waals surface area contributed by atoms with Crippen molar-refractivity contribution in [2.45, 2.75) is 18.8 Å². The lowest BCUT2D eigenvalue weighted by molar-refractivity contribution is -0.122. The van der Waals surface area contributed by atoms with E-state index in [1.54, 1.807) is 0 Å². The van der Waals surface area contributed by atoms with E-state index in [2.05, 4.69) is 38.3 Å². The van der Waals surface area contributed by atoms with E-state index < -0.39 is 0 Å². The predicted molar refractivity (Wildman–Crippen MR) is 81.2 cm³/mol. The topological polar surface area (TPSA) is 32.3 Å². The van der Waals surface area contributed by atoms with Gasteiger partial charge in [-0.3, -0.25) is 4.79 Å². The molecule has 1 aliphatic rings. The summed E-state index contributed by atoms with van der Waals surface area (Å²) in [5.41, 5.74) is 1.27. The summed E-state index contributed by atoms with van der Waals surface area (Å²) in [5.74, 6) is 0.795. The molecule has 0 heterocycles. The first kappa shape index (κ1) is 14.5. The summed E-state index contributed by atoms with van der Waals surface area (Å²) in [4.78, 5) is 14.1. The third-order valence-electron chi connectivity index (χ3n) is 3.49. The van der Waals surface area contributed by atoms with Gasteiger partial charge in [0.05, 0.1) is 0 Å². The van der Waals surface area contributed by atoms with Gasteiger partial charge in [0.2, 0.25) is 5.91 Å². The van der Waals surface area contributed by atoms with Crippen molar-refractivity contribution in [1.29, 1.82) is 0 Å². The number of carbonyl (C=O) groups is 1. The van der Waals surface area contributed by atoms with Crippen LogP contribution in [-0.2, 0) is 4.79 Å². The smallest absolute Gasteiger partial charge is 0.223 e. The van der Waals surface area contributed by atoms with Gasteiger partial charge in [-0.2, -0.15) is 0 Å². The molecule has 3 nitrogen and oxygen atoms in total. The molecule has 0 saturated heterocycles. The number of amides is 1. The molecule has 1 amide bonds. The molecular formula is C15H21BrN2O. The lowest BCUT2D eigenvalue weighted by Gasteiger charge is -2.09. The second-order valence-corrected chi connectivity index (χ2v) is 6.37. The largest absolute Gasteiger partial charge is 0.356 e. The fourth-order valence-electron chi connectivity index (χ4n) is 2.33. The average Bonchev–Trinajstić information content (AvgIpc) is 3.14. The van der Waals surface area contributed by atoms with Crippen LogP contribution in [0.3, 0.4) is 0 Å². The van der Waals surface area contributed by atoms with E-state index in [0.717, 1.165) is 30.4 Å². The molecule has 2 rings (SSSR count). The maximum absolute atomic E-state index is 12.0. The lowest BCUT2D eigenvalue weighted by atomic mass is 10.1. The molecule has 4 heteroatoms. The van der Waals surface area contributed by atoms with E-state index in [4.69, 9.17) is 0 Å². The number of rotatable bonds is 6. The van der Waals surface area contributed by atoms with Gasteiger partial charge in [0.1, 0.15) is 0 Å². The normalized spacial score (nSPS) is 21.5. The predicted octanol–water partition coefficient (Wildman–Crippen LogP) is 2.62.